The maximum atomic E-state index is 3.80. The van der Waals surface area contributed by atoms with Gasteiger partial charge in [-0.15, -0.1) is 23.5 Å². The first kappa shape index (κ1) is 16.0. The van der Waals surface area contributed by atoms with Crippen LogP contribution in [0.2, 0.25) is 0 Å². The lowest BCUT2D eigenvalue weighted by Gasteiger charge is -2.29. The standard InChI is InChI=1S/C16H31NS2/c1-13(18-15-9-5-3-6-10-15)17-14(2)19-16-11-7-4-8-12-16/h13-17H,3-12H2,1-2H3. The van der Waals surface area contributed by atoms with Crippen molar-refractivity contribution in [3.05, 3.63) is 0 Å². The van der Waals surface area contributed by atoms with Gasteiger partial charge in [-0.25, -0.2) is 0 Å². The van der Waals surface area contributed by atoms with Gasteiger partial charge >= 0.3 is 0 Å². The molecule has 2 aliphatic carbocycles. The molecule has 3 heteroatoms. The quantitative estimate of drug-likeness (QED) is 0.660. The third-order valence-electron chi connectivity index (χ3n) is 4.37. The van der Waals surface area contributed by atoms with Crippen molar-refractivity contribution in [1.82, 2.24) is 5.32 Å². The second-order valence-electron chi connectivity index (χ2n) is 6.24. The molecule has 19 heavy (non-hydrogen) atoms. The summed E-state index contributed by atoms with van der Waals surface area (Å²) in [6.45, 7) is 4.72. The maximum Gasteiger partial charge on any atom is 0.0514 e. The Hall–Kier alpha value is 0.660. The van der Waals surface area contributed by atoms with Gasteiger partial charge in [0.2, 0.25) is 0 Å². The lowest BCUT2D eigenvalue weighted by molar-refractivity contribution is 0.510. The van der Waals surface area contributed by atoms with Crippen molar-refractivity contribution < 1.29 is 0 Å². The van der Waals surface area contributed by atoms with Gasteiger partial charge in [0.1, 0.15) is 0 Å². The minimum atomic E-state index is 0.620. The number of nitrogens with one attached hydrogen (secondary N) is 1. The molecular weight excluding hydrogens is 270 g/mol. The van der Waals surface area contributed by atoms with Gasteiger partial charge < -0.3 is 0 Å². The summed E-state index contributed by atoms with van der Waals surface area (Å²) in [5, 5.41) is 6.88. The van der Waals surface area contributed by atoms with Gasteiger partial charge in [0, 0.05) is 10.5 Å². The first-order chi connectivity index (χ1) is 9.24. The molecule has 1 N–H and O–H groups in total. The third-order valence-corrected chi connectivity index (χ3v) is 7.17. The second kappa shape index (κ2) is 8.84. The molecule has 2 fully saturated rings. The molecule has 0 aliphatic heterocycles. The highest BCUT2D eigenvalue weighted by Gasteiger charge is 2.20. The van der Waals surface area contributed by atoms with Crippen LogP contribution in [0.3, 0.4) is 0 Å². The normalized spacial score (nSPS) is 26.2. The maximum absolute atomic E-state index is 3.80. The van der Waals surface area contributed by atoms with Crippen LogP contribution in [0.15, 0.2) is 0 Å². The molecule has 2 aliphatic rings. The van der Waals surface area contributed by atoms with E-state index in [1.807, 2.05) is 0 Å². The molecule has 2 unspecified atom stereocenters. The van der Waals surface area contributed by atoms with Gasteiger partial charge in [0.25, 0.3) is 0 Å². The lowest BCUT2D eigenvalue weighted by atomic mass is 10.0. The Morgan fingerprint density at radius 1 is 0.684 bits per heavy atom. The Kier molecular flexibility index (Phi) is 7.46. The largest absolute Gasteiger partial charge is 0.294 e. The van der Waals surface area contributed by atoms with Crippen LogP contribution in [0.4, 0.5) is 0 Å². The van der Waals surface area contributed by atoms with E-state index in [-0.39, 0.29) is 0 Å². The SMILES string of the molecule is CC(NC(C)SC1CCCCC1)SC1CCCCC1. The predicted octanol–water partition coefficient (Wildman–Crippen LogP) is 5.40. The number of thioether (sulfide) groups is 2. The van der Waals surface area contributed by atoms with E-state index in [2.05, 4.69) is 42.7 Å². The Bertz CT molecular complexity index is 211. The topological polar surface area (TPSA) is 12.0 Å². The van der Waals surface area contributed by atoms with E-state index in [0.29, 0.717) is 10.7 Å². The van der Waals surface area contributed by atoms with Crippen molar-refractivity contribution in [1.29, 1.82) is 0 Å². The van der Waals surface area contributed by atoms with Gasteiger partial charge in [0.05, 0.1) is 10.7 Å². The Morgan fingerprint density at radius 3 is 1.42 bits per heavy atom. The summed E-state index contributed by atoms with van der Waals surface area (Å²) in [6, 6.07) is 0. The molecule has 1 nitrogen and oxygen atoms in total. The van der Waals surface area contributed by atoms with Crippen LogP contribution in [0.25, 0.3) is 0 Å². The molecule has 0 heterocycles. The van der Waals surface area contributed by atoms with Crippen LogP contribution in [0, 0.1) is 0 Å². The van der Waals surface area contributed by atoms with Gasteiger partial charge in [-0.3, -0.25) is 5.32 Å². The summed E-state index contributed by atoms with van der Waals surface area (Å²) in [4.78, 5) is 0. The number of hydrogen-bond donors (Lipinski definition) is 1. The zero-order valence-electron chi connectivity index (χ0n) is 12.7. The molecule has 0 spiro atoms. The zero-order valence-corrected chi connectivity index (χ0v) is 14.3. The number of hydrogen-bond acceptors (Lipinski definition) is 3. The fourth-order valence-corrected chi connectivity index (χ4v) is 6.41. The zero-order chi connectivity index (χ0) is 13.5. The molecule has 2 rings (SSSR count). The van der Waals surface area contributed by atoms with Crippen molar-refractivity contribution in [3.8, 4) is 0 Å². The monoisotopic (exact) mass is 301 g/mol. The van der Waals surface area contributed by atoms with Gasteiger partial charge in [-0.2, -0.15) is 0 Å². The van der Waals surface area contributed by atoms with Gasteiger partial charge in [-0.1, -0.05) is 38.5 Å². The van der Waals surface area contributed by atoms with Gasteiger partial charge in [-0.05, 0) is 39.5 Å². The van der Waals surface area contributed by atoms with Crippen LogP contribution in [-0.2, 0) is 0 Å². The smallest absolute Gasteiger partial charge is 0.0514 e. The molecule has 0 amide bonds. The molecular formula is C16H31NS2. The fourth-order valence-electron chi connectivity index (χ4n) is 3.39. The molecule has 0 aromatic heterocycles. The first-order valence-electron chi connectivity index (χ1n) is 8.31. The molecule has 112 valence electrons. The van der Waals surface area contributed by atoms with Crippen LogP contribution in [0.1, 0.15) is 78.1 Å². The Morgan fingerprint density at radius 2 is 1.05 bits per heavy atom. The Labute approximate surface area is 128 Å². The molecule has 0 aromatic rings. The van der Waals surface area contributed by atoms with Crippen LogP contribution in [-0.4, -0.2) is 21.2 Å². The molecule has 0 aromatic carbocycles. The average molecular weight is 302 g/mol. The third kappa shape index (κ3) is 6.31. The summed E-state index contributed by atoms with van der Waals surface area (Å²) in [7, 11) is 0. The van der Waals surface area contributed by atoms with E-state index in [4.69, 9.17) is 0 Å². The molecule has 0 bridgehead atoms. The van der Waals surface area contributed by atoms with Crippen molar-refractivity contribution in [2.75, 3.05) is 0 Å². The van der Waals surface area contributed by atoms with E-state index >= 15 is 0 Å². The van der Waals surface area contributed by atoms with E-state index in [9.17, 15) is 0 Å². The summed E-state index contributed by atoms with van der Waals surface area (Å²) >= 11 is 4.37. The highest BCUT2D eigenvalue weighted by Crippen LogP contribution is 2.33. The minimum Gasteiger partial charge on any atom is -0.294 e. The first-order valence-corrected chi connectivity index (χ1v) is 10.2. The average Bonchev–Trinajstić information content (AvgIpc) is 2.40. The van der Waals surface area contributed by atoms with Crippen molar-refractivity contribution >= 4 is 23.5 Å². The van der Waals surface area contributed by atoms with Crippen LogP contribution in [0.5, 0.6) is 0 Å². The summed E-state index contributed by atoms with van der Waals surface area (Å²) in [6.07, 6.45) is 14.5. The highest BCUT2D eigenvalue weighted by atomic mass is 32.2. The van der Waals surface area contributed by atoms with Crippen LogP contribution < -0.4 is 5.32 Å². The number of rotatable bonds is 6. The van der Waals surface area contributed by atoms with Crippen molar-refractivity contribution in [2.45, 2.75) is 99.3 Å². The van der Waals surface area contributed by atoms with Crippen molar-refractivity contribution in [3.63, 3.8) is 0 Å². The minimum absolute atomic E-state index is 0.620. The Balaban J connectivity index is 1.61. The van der Waals surface area contributed by atoms with E-state index in [1.165, 1.54) is 64.2 Å². The second-order valence-corrected chi connectivity index (χ2v) is 9.54. The fraction of sp³-hybridized carbons (Fsp3) is 1.00. The molecule has 0 saturated heterocycles. The highest BCUT2D eigenvalue weighted by molar-refractivity contribution is 8.01. The molecule has 0 radical (unpaired) electrons. The lowest BCUT2D eigenvalue weighted by Crippen LogP contribution is -2.33. The van der Waals surface area contributed by atoms with Gasteiger partial charge in [0.15, 0.2) is 0 Å². The summed E-state index contributed by atoms with van der Waals surface area (Å²) < 4.78 is 0. The van der Waals surface area contributed by atoms with Crippen molar-refractivity contribution in [2.24, 2.45) is 0 Å². The van der Waals surface area contributed by atoms with E-state index in [0.717, 1.165) is 10.5 Å². The van der Waals surface area contributed by atoms with E-state index in [1.54, 1.807) is 0 Å². The van der Waals surface area contributed by atoms with E-state index < -0.39 is 0 Å². The summed E-state index contributed by atoms with van der Waals surface area (Å²) in [5.41, 5.74) is 0. The predicted molar refractivity (Wildman–Crippen MR) is 91.0 cm³/mol. The molecule has 2 atom stereocenters. The van der Waals surface area contributed by atoms with Crippen LogP contribution >= 0.6 is 23.5 Å². The summed E-state index contributed by atoms with van der Waals surface area (Å²) in [5.74, 6) is 0. The molecule has 2 saturated carbocycles.